The molecule has 1 atom stereocenters. The molecule has 2 fully saturated rings. The normalized spacial score (nSPS) is 25.9. The zero-order valence-electron chi connectivity index (χ0n) is 14.8. The van der Waals surface area contributed by atoms with E-state index >= 15 is 0 Å². The lowest BCUT2D eigenvalue weighted by molar-refractivity contribution is -0.920. The maximum Gasteiger partial charge on any atom is 0.292 e. The minimum atomic E-state index is -0.317. The van der Waals surface area contributed by atoms with Gasteiger partial charge in [0.15, 0.2) is 6.04 Å². The summed E-state index contributed by atoms with van der Waals surface area (Å²) in [6.45, 7) is 1.67. The molecule has 27 heavy (non-hydrogen) atoms. The molecule has 0 aliphatic carbocycles. The number of carbonyl (C=O) groups is 2. The summed E-state index contributed by atoms with van der Waals surface area (Å²) in [6, 6.07) is 13.2. The number of piperidine rings is 1. The van der Waals surface area contributed by atoms with Crippen molar-refractivity contribution in [3.63, 3.8) is 0 Å². The number of anilines is 1. The summed E-state index contributed by atoms with van der Waals surface area (Å²) in [5, 5.41) is 0.572. The van der Waals surface area contributed by atoms with Gasteiger partial charge in [-0.25, -0.2) is 9.29 Å². The smallest absolute Gasteiger partial charge is 0.292 e. The maximum atomic E-state index is 13.1. The van der Waals surface area contributed by atoms with E-state index in [1.165, 1.54) is 21.9 Å². The number of imide groups is 1. The van der Waals surface area contributed by atoms with Crippen LogP contribution in [-0.4, -0.2) is 30.9 Å². The van der Waals surface area contributed by atoms with Crippen LogP contribution in [0.15, 0.2) is 48.5 Å². The van der Waals surface area contributed by atoms with E-state index in [0.29, 0.717) is 16.6 Å². The lowest BCUT2D eigenvalue weighted by Crippen LogP contribution is -3.17. The summed E-state index contributed by atoms with van der Waals surface area (Å²) in [7, 11) is 0. The Kier molecular flexibility index (Phi) is 4.98. The number of hydrogen-bond donors (Lipinski definition) is 1. The molecule has 2 aliphatic heterocycles. The van der Waals surface area contributed by atoms with Crippen molar-refractivity contribution in [2.45, 2.75) is 31.2 Å². The van der Waals surface area contributed by atoms with E-state index in [0.717, 1.165) is 31.5 Å². The second-order valence-electron chi connectivity index (χ2n) is 7.28. The van der Waals surface area contributed by atoms with Crippen molar-refractivity contribution >= 4 is 29.1 Å². The summed E-state index contributed by atoms with van der Waals surface area (Å²) in [5.41, 5.74) is 1.73. The number of likely N-dealkylation sites (tertiary alicyclic amines) is 1. The summed E-state index contributed by atoms with van der Waals surface area (Å²) in [6.07, 6.45) is 2.11. The first-order valence-electron chi connectivity index (χ1n) is 9.25. The second-order valence-corrected chi connectivity index (χ2v) is 7.72. The number of nitrogens with zero attached hydrogens (tertiary/aromatic N) is 1. The molecular formula is C21H21ClFN2O2+. The van der Waals surface area contributed by atoms with Gasteiger partial charge in [0.2, 0.25) is 5.91 Å². The molecule has 6 heteroatoms. The van der Waals surface area contributed by atoms with E-state index in [4.69, 9.17) is 11.6 Å². The van der Waals surface area contributed by atoms with Gasteiger partial charge in [-0.1, -0.05) is 23.7 Å². The summed E-state index contributed by atoms with van der Waals surface area (Å²) in [5.74, 6) is -0.119. The molecule has 2 aromatic rings. The monoisotopic (exact) mass is 387 g/mol. The third kappa shape index (κ3) is 3.62. The average Bonchev–Trinajstić information content (AvgIpc) is 2.98. The van der Waals surface area contributed by atoms with Crippen LogP contribution in [-0.2, 0) is 9.59 Å². The topological polar surface area (TPSA) is 41.8 Å². The van der Waals surface area contributed by atoms with Crippen molar-refractivity contribution in [3.8, 4) is 0 Å². The Labute approximate surface area is 162 Å². The van der Waals surface area contributed by atoms with Gasteiger partial charge in [-0.3, -0.25) is 9.59 Å². The van der Waals surface area contributed by atoms with Gasteiger partial charge in [-0.2, -0.15) is 0 Å². The number of amides is 2. The Balaban J connectivity index is 1.43. The average molecular weight is 388 g/mol. The van der Waals surface area contributed by atoms with Crippen LogP contribution in [0.2, 0.25) is 5.02 Å². The van der Waals surface area contributed by atoms with Crippen LogP contribution in [0.3, 0.4) is 0 Å². The van der Waals surface area contributed by atoms with Crippen molar-refractivity contribution in [1.82, 2.24) is 0 Å². The first-order chi connectivity index (χ1) is 13.0. The molecule has 140 valence electrons. The van der Waals surface area contributed by atoms with Crippen molar-refractivity contribution in [3.05, 3.63) is 64.9 Å². The fourth-order valence-electron chi connectivity index (χ4n) is 4.22. The van der Waals surface area contributed by atoms with Gasteiger partial charge in [0.05, 0.1) is 25.2 Å². The zero-order valence-corrected chi connectivity index (χ0v) is 15.6. The van der Waals surface area contributed by atoms with Crippen LogP contribution in [0.5, 0.6) is 0 Å². The Bertz CT molecular complexity index is 845. The van der Waals surface area contributed by atoms with Gasteiger partial charge in [0, 0.05) is 17.9 Å². The Hall–Kier alpha value is -2.24. The molecule has 0 bridgehead atoms. The molecule has 0 spiro atoms. The zero-order chi connectivity index (χ0) is 19.0. The van der Waals surface area contributed by atoms with Gasteiger partial charge < -0.3 is 4.90 Å². The molecule has 1 N–H and O–H groups in total. The predicted molar refractivity (Wildman–Crippen MR) is 101 cm³/mol. The molecule has 2 heterocycles. The van der Waals surface area contributed by atoms with Gasteiger partial charge in [-0.15, -0.1) is 0 Å². The minimum absolute atomic E-state index is 0.127. The van der Waals surface area contributed by atoms with E-state index in [1.807, 2.05) is 12.1 Å². The number of rotatable bonds is 3. The van der Waals surface area contributed by atoms with Crippen molar-refractivity contribution in [2.75, 3.05) is 18.0 Å². The third-order valence-electron chi connectivity index (χ3n) is 5.69. The Morgan fingerprint density at radius 1 is 0.963 bits per heavy atom. The number of hydrogen-bond acceptors (Lipinski definition) is 2. The number of carbonyl (C=O) groups excluding carboxylic acids is 2. The quantitative estimate of drug-likeness (QED) is 0.822. The van der Waals surface area contributed by atoms with Gasteiger partial charge in [0.1, 0.15) is 5.82 Å². The van der Waals surface area contributed by atoms with Crippen LogP contribution in [0, 0.1) is 5.82 Å². The fourth-order valence-corrected chi connectivity index (χ4v) is 4.34. The highest BCUT2D eigenvalue weighted by atomic mass is 35.5. The van der Waals surface area contributed by atoms with Crippen LogP contribution in [0.1, 0.15) is 30.7 Å². The van der Waals surface area contributed by atoms with Crippen molar-refractivity contribution in [2.24, 2.45) is 0 Å². The summed E-state index contributed by atoms with van der Waals surface area (Å²) in [4.78, 5) is 27.8. The molecule has 0 aromatic heterocycles. The van der Waals surface area contributed by atoms with E-state index < -0.39 is 0 Å². The molecule has 0 radical (unpaired) electrons. The standard InChI is InChI=1S/C21H20ClFN2O2/c22-16-3-7-18(8-4-16)25-20(26)13-19(21(25)27)24-11-9-15(10-12-24)14-1-5-17(23)6-2-14/h1-8,15,19H,9-13H2/p+1/t19-/m0/s1. The minimum Gasteiger partial charge on any atom is -0.324 e. The largest absolute Gasteiger partial charge is 0.324 e. The van der Waals surface area contributed by atoms with Gasteiger partial charge >= 0.3 is 0 Å². The van der Waals surface area contributed by atoms with Crippen LogP contribution < -0.4 is 9.80 Å². The van der Waals surface area contributed by atoms with Crippen LogP contribution in [0.25, 0.3) is 0 Å². The highest BCUT2D eigenvalue weighted by Crippen LogP contribution is 2.26. The summed E-state index contributed by atoms with van der Waals surface area (Å²) < 4.78 is 13.1. The van der Waals surface area contributed by atoms with Crippen LogP contribution in [0.4, 0.5) is 10.1 Å². The third-order valence-corrected chi connectivity index (χ3v) is 5.95. The molecule has 2 amide bonds. The maximum absolute atomic E-state index is 13.1. The van der Waals surface area contributed by atoms with Gasteiger partial charge in [-0.05, 0) is 47.9 Å². The number of halogens is 2. The number of nitrogens with one attached hydrogen (secondary N) is 1. The molecule has 4 rings (SSSR count). The van der Waals surface area contributed by atoms with Crippen molar-refractivity contribution in [1.29, 1.82) is 0 Å². The SMILES string of the molecule is O=C1C[C@H]([NH+]2CCC(c3ccc(F)cc3)CC2)C(=O)N1c1ccc(Cl)cc1. The first-order valence-corrected chi connectivity index (χ1v) is 9.63. The number of quaternary nitrogens is 1. The Morgan fingerprint density at radius 2 is 1.59 bits per heavy atom. The lowest BCUT2D eigenvalue weighted by Gasteiger charge is -2.32. The molecule has 2 aromatic carbocycles. The van der Waals surface area contributed by atoms with Crippen molar-refractivity contribution < 1.29 is 18.9 Å². The fraction of sp³-hybridized carbons (Fsp3) is 0.333. The van der Waals surface area contributed by atoms with Gasteiger partial charge in [0.25, 0.3) is 5.91 Å². The number of benzene rings is 2. The van der Waals surface area contributed by atoms with E-state index in [2.05, 4.69) is 0 Å². The predicted octanol–water partition coefficient (Wildman–Crippen LogP) is 2.57. The lowest BCUT2D eigenvalue weighted by atomic mass is 9.89. The van der Waals surface area contributed by atoms with Crippen LogP contribution >= 0.6 is 11.6 Å². The molecule has 2 aliphatic rings. The highest BCUT2D eigenvalue weighted by molar-refractivity contribution is 6.30. The molecule has 0 unspecified atom stereocenters. The van der Waals surface area contributed by atoms with E-state index in [1.54, 1.807) is 24.3 Å². The molecule has 0 saturated carbocycles. The van der Waals surface area contributed by atoms with E-state index in [-0.39, 0.29) is 30.1 Å². The highest BCUT2D eigenvalue weighted by Gasteiger charge is 2.46. The molecule has 2 saturated heterocycles. The summed E-state index contributed by atoms with van der Waals surface area (Å²) >= 11 is 5.90. The molecule has 4 nitrogen and oxygen atoms in total. The Morgan fingerprint density at radius 3 is 2.22 bits per heavy atom. The first kappa shape index (κ1) is 18.1. The molecular weight excluding hydrogens is 367 g/mol. The van der Waals surface area contributed by atoms with E-state index in [9.17, 15) is 14.0 Å². The second kappa shape index (κ2) is 7.41.